The Labute approximate surface area is 151 Å². The first-order chi connectivity index (χ1) is 12.8. The van der Waals surface area contributed by atoms with E-state index >= 15 is 0 Å². The Hall–Kier alpha value is -3.28. The first-order valence-electron chi connectivity index (χ1n) is 8.46. The second-order valence-electron chi connectivity index (χ2n) is 5.97. The minimum atomic E-state index is -0.0841. The lowest BCUT2D eigenvalue weighted by atomic mass is 10.2. The lowest BCUT2D eigenvalue weighted by molar-refractivity contribution is 0.0961. The third-order valence-electron chi connectivity index (χ3n) is 4.34. The van der Waals surface area contributed by atoms with Crippen LogP contribution in [0.2, 0.25) is 0 Å². The molecular weight excluding hydrogens is 330 g/mol. The van der Waals surface area contributed by atoms with Crippen molar-refractivity contribution in [1.29, 1.82) is 0 Å². The number of carbonyl (C=O) groups is 1. The first kappa shape index (κ1) is 16.2. The minimum Gasteiger partial charge on any atom is -0.495 e. The molecule has 132 valence electrons. The number of methoxy groups -OCH3 is 1. The van der Waals surface area contributed by atoms with Gasteiger partial charge in [-0.3, -0.25) is 9.48 Å². The van der Waals surface area contributed by atoms with E-state index in [0.717, 1.165) is 17.1 Å². The van der Waals surface area contributed by atoms with Gasteiger partial charge in [-0.2, -0.15) is 5.10 Å². The highest BCUT2D eigenvalue weighted by atomic mass is 16.5. The summed E-state index contributed by atoms with van der Waals surface area (Å²) in [5.41, 5.74) is 2.07. The maximum absolute atomic E-state index is 12.9. The molecule has 4 rings (SSSR count). The van der Waals surface area contributed by atoms with Crippen LogP contribution in [0.25, 0.3) is 0 Å². The van der Waals surface area contributed by atoms with E-state index in [0.29, 0.717) is 31.1 Å². The number of carbonyl (C=O) groups excluding carboxylic acids is 1. The third-order valence-corrected chi connectivity index (χ3v) is 4.34. The van der Waals surface area contributed by atoms with Crippen molar-refractivity contribution < 1.29 is 14.3 Å². The second-order valence-corrected chi connectivity index (χ2v) is 5.97. The fraction of sp³-hybridized carbons (Fsp3) is 0.200. The monoisotopic (exact) mass is 349 g/mol. The number of amides is 1. The van der Waals surface area contributed by atoms with E-state index in [4.69, 9.17) is 9.47 Å². The molecule has 0 N–H and O–H groups in total. The Kier molecular flexibility index (Phi) is 4.31. The van der Waals surface area contributed by atoms with Crippen molar-refractivity contribution in [2.45, 2.75) is 13.2 Å². The highest BCUT2D eigenvalue weighted by Gasteiger charge is 2.29. The second kappa shape index (κ2) is 6.92. The summed E-state index contributed by atoms with van der Waals surface area (Å²) in [7, 11) is 1.61. The number of ether oxygens (including phenoxy) is 2. The van der Waals surface area contributed by atoms with Gasteiger partial charge in [0.2, 0.25) is 0 Å². The van der Waals surface area contributed by atoms with E-state index in [1.807, 2.05) is 54.6 Å². The Balaban J connectivity index is 1.54. The van der Waals surface area contributed by atoms with Crippen molar-refractivity contribution in [2.24, 2.45) is 0 Å². The summed E-state index contributed by atoms with van der Waals surface area (Å²) in [6, 6.07) is 18.9. The van der Waals surface area contributed by atoms with Gasteiger partial charge in [-0.1, -0.05) is 30.3 Å². The van der Waals surface area contributed by atoms with Crippen LogP contribution in [0.5, 0.6) is 11.5 Å². The molecule has 3 aromatic rings. The number of anilines is 1. The highest BCUT2D eigenvalue weighted by Crippen LogP contribution is 2.30. The molecule has 1 amide bonds. The van der Waals surface area contributed by atoms with Crippen LogP contribution in [0.3, 0.4) is 0 Å². The zero-order valence-electron chi connectivity index (χ0n) is 14.5. The molecule has 2 heterocycles. The fourth-order valence-electron chi connectivity index (χ4n) is 3.07. The molecule has 0 fully saturated rings. The average molecular weight is 349 g/mol. The van der Waals surface area contributed by atoms with Crippen LogP contribution in [0.4, 0.5) is 5.69 Å². The number of aromatic nitrogens is 2. The van der Waals surface area contributed by atoms with Gasteiger partial charge in [0.15, 0.2) is 0 Å². The van der Waals surface area contributed by atoms with Crippen LogP contribution in [-0.4, -0.2) is 29.3 Å². The number of fused-ring (bicyclic) bond motifs is 1. The molecule has 1 aromatic heterocycles. The van der Waals surface area contributed by atoms with Crippen molar-refractivity contribution in [3.8, 4) is 11.5 Å². The topological polar surface area (TPSA) is 56.6 Å². The van der Waals surface area contributed by atoms with Crippen molar-refractivity contribution in [3.05, 3.63) is 72.1 Å². The molecule has 0 bridgehead atoms. The molecule has 0 spiro atoms. The molecule has 0 radical (unpaired) electrons. The zero-order chi connectivity index (χ0) is 17.9. The quantitative estimate of drug-likeness (QED) is 0.710. The predicted molar refractivity (Wildman–Crippen MR) is 97.7 cm³/mol. The van der Waals surface area contributed by atoms with E-state index in [1.165, 1.54) is 0 Å². The first-order valence-corrected chi connectivity index (χ1v) is 8.46. The molecule has 0 unspecified atom stereocenters. The van der Waals surface area contributed by atoms with Gasteiger partial charge in [0.25, 0.3) is 5.91 Å². The van der Waals surface area contributed by atoms with Crippen LogP contribution in [0.15, 0.2) is 60.7 Å². The molecule has 1 aliphatic rings. The number of para-hydroxylation sites is 3. The van der Waals surface area contributed by atoms with Crippen LogP contribution in [0.1, 0.15) is 16.2 Å². The Bertz CT molecular complexity index is 921. The molecule has 0 saturated carbocycles. The van der Waals surface area contributed by atoms with Crippen LogP contribution < -0.4 is 14.4 Å². The van der Waals surface area contributed by atoms with Crippen molar-refractivity contribution >= 4 is 11.6 Å². The summed E-state index contributed by atoms with van der Waals surface area (Å²) >= 11 is 0. The SMILES string of the molecule is COc1ccccc1N1CCn2nc(COc3ccccc3)cc2C1=O. The molecule has 1 aliphatic heterocycles. The summed E-state index contributed by atoms with van der Waals surface area (Å²) in [4.78, 5) is 14.7. The Morgan fingerprint density at radius 1 is 1.04 bits per heavy atom. The van der Waals surface area contributed by atoms with Gasteiger partial charge in [0.1, 0.15) is 29.5 Å². The van der Waals surface area contributed by atoms with Gasteiger partial charge in [-0.25, -0.2) is 0 Å². The molecular formula is C20H19N3O3. The summed E-state index contributed by atoms with van der Waals surface area (Å²) in [5, 5.41) is 4.50. The van der Waals surface area contributed by atoms with Crippen LogP contribution in [0, 0.1) is 0 Å². The summed E-state index contributed by atoms with van der Waals surface area (Å²) in [5.74, 6) is 1.38. The summed E-state index contributed by atoms with van der Waals surface area (Å²) in [6.45, 7) is 1.50. The molecule has 0 saturated heterocycles. The zero-order valence-corrected chi connectivity index (χ0v) is 14.5. The van der Waals surface area contributed by atoms with Gasteiger partial charge >= 0.3 is 0 Å². The molecule has 0 atom stereocenters. The summed E-state index contributed by atoms with van der Waals surface area (Å²) in [6.07, 6.45) is 0. The molecule has 6 heteroatoms. The van der Waals surface area contributed by atoms with Crippen LogP contribution in [-0.2, 0) is 13.2 Å². The maximum atomic E-state index is 12.9. The number of nitrogens with zero attached hydrogens (tertiary/aromatic N) is 3. The summed E-state index contributed by atoms with van der Waals surface area (Å²) < 4.78 is 12.9. The molecule has 0 aliphatic carbocycles. The van der Waals surface area contributed by atoms with Gasteiger partial charge in [0.05, 0.1) is 19.3 Å². The average Bonchev–Trinajstić information content (AvgIpc) is 3.12. The predicted octanol–water partition coefficient (Wildman–Crippen LogP) is 3.13. The van der Waals surface area contributed by atoms with E-state index in [2.05, 4.69) is 5.10 Å². The third kappa shape index (κ3) is 3.01. The van der Waals surface area contributed by atoms with E-state index in [9.17, 15) is 4.79 Å². The van der Waals surface area contributed by atoms with E-state index < -0.39 is 0 Å². The number of hydrogen-bond acceptors (Lipinski definition) is 4. The standard InChI is InChI=1S/C20H19N3O3/c1-25-19-10-6-5-9-17(19)22-11-12-23-18(20(22)24)13-15(21-23)14-26-16-7-3-2-4-8-16/h2-10,13H,11-12,14H2,1H3. The number of hydrogen-bond donors (Lipinski definition) is 0. The lowest BCUT2D eigenvalue weighted by Gasteiger charge is -2.28. The lowest BCUT2D eigenvalue weighted by Crippen LogP contribution is -2.40. The minimum absolute atomic E-state index is 0.0841. The largest absolute Gasteiger partial charge is 0.495 e. The molecule has 2 aromatic carbocycles. The normalized spacial score (nSPS) is 13.4. The van der Waals surface area contributed by atoms with Gasteiger partial charge < -0.3 is 14.4 Å². The fourth-order valence-corrected chi connectivity index (χ4v) is 3.07. The van der Waals surface area contributed by atoms with Crippen molar-refractivity contribution in [2.75, 3.05) is 18.6 Å². The number of rotatable bonds is 5. The maximum Gasteiger partial charge on any atom is 0.276 e. The van der Waals surface area contributed by atoms with E-state index in [1.54, 1.807) is 22.8 Å². The van der Waals surface area contributed by atoms with Gasteiger partial charge in [0, 0.05) is 6.54 Å². The molecule has 6 nitrogen and oxygen atoms in total. The van der Waals surface area contributed by atoms with Crippen LogP contribution >= 0.6 is 0 Å². The Morgan fingerprint density at radius 2 is 1.81 bits per heavy atom. The van der Waals surface area contributed by atoms with Gasteiger partial charge in [-0.05, 0) is 30.3 Å². The van der Waals surface area contributed by atoms with Crippen molar-refractivity contribution in [1.82, 2.24) is 9.78 Å². The molecule has 26 heavy (non-hydrogen) atoms. The smallest absolute Gasteiger partial charge is 0.276 e. The van der Waals surface area contributed by atoms with Crippen molar-refractivity contribution in [3.63, 3.8) is 0 Å². The highest BCUT2D eigenvalue weighted by molar-refractivity contribution is 6.06. The van der Waals surface area contributed by atoms with Gasteiger partial charge in [-0.15, -0.1) is 0 Å². The van der Waals surface area contributed by atoms with E-state index in [-0.39, 0.29) is 5.91 Å². The number of benzene rings is 2. The Morgan fingerprint density at radius 3 is 2.62 bits per heavy atom.